The van der Waals surface area contributed by atoms with Crippen molar-refractivity contribution in [2.24, 2.45) is 0 Å². The third-order valence-electron chi connectivity index (χ3n) is 3.50. The number of amides is 1. The van der Waals surface area contributed by atoms with Gasteiger partial charge in [0.2, 0.25) is 0 Å². The summed E-state index contributed by atoms with van der Waals surface area (Å²) in [4.78, 5) is 14.0. The first-order valence-electron chi connectivity index (χ1n) is 6.67. The number of nitrogens with one attached hydrogen (secondary N) is 1. The van der Waals surface area contributed by atoms with Gasteiger partial charge in [0.05, 0.1) is 18.0 Å². The zero-order chi connectivity index (χ0) is 14.3. The van der Waals surface area contributed by atoms with E-state index in [1.54, 1.807) is 11.0 Å². The number of aliphatic hydroxyl groups is 1. The van der Waals surface area contributed by atoms with Crippen LogP contribution in [-0.2, 0) is 4.79 Å². The molecule has 20 heavy (non-hydrogen) atoms. The molecule has 1 amide bonds. The molecule has 3 rings (SSSR count). The number of carbonyl (C=O) groups excluding carboxylic acids is 1. The molecule has 0 unspecified atom stereocenters. The Morgan fingerprint density at radius 3 is 2.60 bits per heavy atom. The van der Waals surface area contributed by atoms with Crippen LogP contribution in [0, 0.1) is 0 Å². The van der Waals surface area contributed by atoms with Crippen LogP contribution in [0.5, 0.6) is 11.5 Å². The summed E-state index contributed by atoms with van der Waals surface area (Å²) >= 11 is 0. The maximum absolute atomic E-state index is 12.4. The van der Waals surface area contributed by atoms with Crippen LogP contribution in [0.2, 0.25) is 0 Å². The van der Waals surface area contributed by atoms with Crippen LogP contribution >= 0.6 is 0 Å². The van der Waals surface area contributed by atoms with E-state index >= 15 is 0 Å². The van der Waals surface area contributed by atoms with Gasteiger partial charge in [-0.3, -0.25) is 4.79 Å². The molecule has 2 heterocycles. The van der Waals surface area contributed by atoms with Crippen molar-refractivity contribution < 1.29 is 19.4 Å². The van der Waals surface area contributed by atoms with Crippen LogP contribution in [-0.4, -0.2) is 42.9 Å². The topological polar surface area (TPSA) is 71.0 Å². The SMILES string of the molecule is CC1(C)Nc2cc3c(cc2N(CCO)C1=O)OCCO3. The number of β-amino-alcohol motifs (C(OH)–C–C–N with tert-alkyl or cyclic N) is 1. The third-order valence-corrected chi connectivity index (χ3v) is 3.50. The van der Waals surface area contributed by atoms with Gasteiger partial charge in [0, 0.05) is 18.7 Å². The van der Waals surface area contributed by atoms with Crippen molar-refractivity contribution in [3.05, 3.63) is 12.1 Å². The highest BCUT2D eigenvalue weighted by Crippen LogP contribution is 2.43. The highest BCUT2D eigenvalue weighted by atomic mass is 16.6. The molecule has 6 heteroatoms. The minimum atomic E-state index is -0.716. The van der Waals surface area contributed by atoms with E-state index in [-0.39, 0.29) is 19.1 Å². The maximum Gasteiger partial charge on any atom is 0.252 e. The Balaban J connectivity index is 2.09. The van der Waals surface area contributed by atoms with Crippen LogP contribution in [0.15, 0.2) is 12.1 Å². The molecule has 0 aliphatic carbocycles. The quantitative estimate of drug-likeness (QED) is 0.844. The molecule has 0 fully saturated rings. The fourth-order valence-corrected chi connectivity index (χ4v) is 2.56. The lowest BCUT2D eigenvalue weighted by atomic mass is 9.97. The zero-order valence-corrected chi connectivity index (χ0v) is 11.6. The second kappa shape index (κ2) is 4.56. The van der Waals surface area contributed by atoms with Crippen LogP contribution in [0.1, 0.15) is 13.8 Å². The first-order chi connectivity index (χ1) is 9.53. The summed E-state index contributed by atoms with van der Waals surface area (Å²) in [6.45, 7) is 4.83. The second-order valence-electron chi connectivity index (χ2n) is 5.44. The predicted molar refractivity (Wildman–Crippen MR) is 74.6 cm³/mol. The summed E-state index contributed by atoms with van der Waals surface area (Å²) in [5.41, 5.74) is 0.811. The average Bonchev–Trinajstić information content (AvgIpc) is 2.42. The number of hydrogen-bond acceptors (Lipinski definition) is 5. The predicted octanol–water partition coefficient (Wildman–Crippen LogP) is 0.987. The van der Waals surface area contributed by atoms with Crippen molar-refractivity contribution in [3.63, 3.8) is 0 Å². The van der Waals surface area contributed by atoms with E-state index in [1.807, 2.05) is 19.9 Å². The molecule has 0 aromatic heterocycles. The Morgan fingerprint density at radius 2 is 1.95 bits per heavy atom. The van der Waals surface area contributed by atoms with Crippen molar-refractivity contribution in [1.82, 2.24) is 0 Å². The number of rotatable bonds is 2. The normalized spacial score (nSPS) is 19.4. The van der Waals surface area contributed by atoms with Crippen molar-refractivity contribution in [2.75, 3.05) is 36.6 Å². The van der Waals surface area contributed by atoms with Gasteiger partial charge in [-0.1, -0.05) is 0 Å². The smallest absolute Gasteiger partial charge is 0.252 e. The van der Waals surface area contributed by atoms with Gasteiger partial charge in [0.1, 0.15) is 18.8 Å². The number of carbonyl (C=O) groups is 1. The fraction of sp³-hybridized carbons (Fsp3) is 0.500. The highest BCUT2D eigenvalue weighted by molar-refractivity contribution is 6.07. The minimum Gasteiger partial charge on any atom is -0.486 e. The number of ether oxygens (including phenoxy) is 2. The van der Waals surface area contributed by atoms with Crippen molar-refractivity contribution in [3.8, 4) is 11.5 Å². The molecule has 0 saturated carbocycles. The molecule has 1 aromatic rings. The monoisotopic (exact) mass is 278 g/mol. The summed E-state index contributed by atoms with van der Waals surface area (Å²) in [5.74, 6) is 1.24. The molecular weight excluding hydrogens is 260 g/mol. The molecule has 108 valence electrons. The molecule has 2 aliphatic heterocycles. The van der Waals surface area contributed by atoms with E-state index in [2.05, 4.69) is 5.32 Å². The Bertz CT molecular complexity index is 556. The van der Waals surface area contributed by atoms with Gasteiger partial charge in [-0.15, -0.1) is 0 Å². The summed E-state index contributed by atoms with van der Waals surface area (Å²) in [5, 5.41) is 12.4. The van der Waals surface area contributed by atoms with Gasteiger partial charge in [0.15, 0.2) is 11.5 Å². The molecule has 2 N–H and O–H groups in total. The fourth-order valence-electron chi connectivity index (χ4n) is 2.56. The Morgan fingerprint density at radius 1 is 1.30 bits per heavy atom. The molecule has 6 nitrogen and oxygen atoms in total. The number of hydrogen-bond donors (Lipinski definition) is 2. The standard InChI is InChI=1S/C14H18N2O4/c1-14(2)13(18)16(3-4-17)10-8-12-11(7-9(10)15-14)19-5-6-20-12/h7-8,15,17H,3-6H2,1-2H3. The Labute approximate surface area is 117 Å². The summed E-state index contributed by atoms with van der Waals surface area (Å²) < 4.78 is 11.1. The van der Waals surface area contributed by atoms with Crippen LogP contribution < -0.4 is 19.7 Å². The Kier molecular flexibility index (Phi) is 2.97. The Hall–Kier alpha value is -1.95. The van der Waals surface area contributed by atoms with E-state index < -0.39 is 5.54 Å². The molecule has 1 aromatic carbocycles. The molecule has 0 bridgehead atoms. The summed E-state index contributed by atoms with van der Waals surface area (Å²) in [7, 11) is 0. The van der Waals surface area contributed by atoms with E-state index in [9.17, 15) is 9.90 Å². The highest BCUT2D eigenvalue weighted by Gasteiger charge is 2.39. The third kappa shape index (κ3) is 1.96. The van der Waals surface area contributed by atoms with E-state index in [1.165, 1.54) is 0 Å². The number of nitrogens with zero attached hydrogens (tertiary/aromatic N) is 1. The van der Waals surface area contributed by atoms with E-state index in [4.69, 9.17) is 9.47 Å². The molecule has 0 radical (unpaired) electrons. The minimum absolute atomic E-state index is 0.0734. The largest absolute Gasteiger partial charge is 0.486 e. The van der Waals surface area contributed by atoms with E-state index in [0.29, 0.717) is 30.4 Å². The first kappa shape index (κ1) is 13.1. The van der Waals surface area contributed by atoms with Gasteiger partial charge in [0.25, 0.3) is 5.91 Å². The van der Waals surface area contributed by atoms with Gasteiger partial charge < -0.3 is 24.8 Å². The van der Waals surface area contributed by atoms with Gasteiger partial charge in [-0.2, -0.15) is 0 Å². The lowest BCUT2D eigenvalue weighted by Crippen LogP contribution is -2.54. The summed E-state index contributed by atoms with van der Waals surface area (Å²) in [6, 6.07) is 3.64. The zero-order valence-electron chi connectivity index (χ0n) is 11.6. The number of aliphatic hydroxyl groups excluding tert-OH is 1. The molecular formula is C14H18N2O4. The van der Waals surface area contributed by atoms with Crippen molar-refractivity contribution in [1.29, 1.82) is 0 Å². The average molecular weight is 278 g/mol. The van der Waals surface area contributed by atoms with Gasteiger partial charge in [-0.25, -0.2) is 0 Å². The first-order valence-corrected chi connectivity index (χ1v) is 6.67. The number of anilines is 2. The van der Waals surface area contributed by atoms with Gasteiger partial charge in [-0.05, 0) is 13.8 Å². The van der Waals surface area contributed by atoms with Gasteiger partial charge >= 0.3 is 0 Å². The van der Waals surface area contributed by atoms with Crippen LogP contribution in [0.4, 0.5) is 11.4 Å². The molecule has 2 aliphatic rings. The van der Waals surface area contributed by atoms with Crippen molar-refractivity contribution >= 4 is 17.3 Å². The second-order valence-corrected chi connectivity index (χ2v) is 5.44. The number of benzene rings is 1. The van der Waals surface area contributed by atoms with E-state index in [0.717, 1.165) is 5.69 Å². The molecule has 0 saturated heterocycles. The molecule has 0 atom stereocenters. The lowest BCUT2D eigenvalue weighted by Gasteiger charge is -2.40. The molecule has 0 spiro atoms. The maximum atomic E-state index is 12.4. The van der Waals surface area contributed by atoms with Crippen LogP contribution in [0.25, 0.3) is 0 Å². The van der Waals surface area contributed by atoms with Crippen molar-refractivity contribution in [2.45, 2.75) is 19.4 Å². The number of fused-ring (bicyclic) bond motifs is 2. The summed E-state index contributed by atoms with van der Waals surface area (Å²) in [6.07, 6.45) is 0. The lowest BCUT2D eigenvalue weighted by molar-refractivity contribution is -0.122. The van der Waals surface area contributed by atoms with Crippen LogP contribution in [0.3, 0.4) is 0 Å².